The third kappa shape index (κ3) is 2.10. The van der Waals surface area contributed by atoms with Crippen molar-refractivity contribution in [1.82, 2.24) is 0 Å². The number of fused-ring (bicyclic) bond motifs is 1. The van der Waals surface area contributed by atoms with Gasteiger partial charge in [0.05, 0.1) is 23.2 Å². The molecule has 0 aliphatic carbocycles. The van der Waals surface area contributed by atoms with Crippen LogP contribution in [0.2, 0.25) is 0 Å². The van der Waals surface area contributed by atoms with Crippen molar-refractivity contribution < 1.29 is 9.21 Å². The molecular weight excluding hydrogens is 240 g/mol. The van der Waals surface area contributed by atoms with Gasteiger partial charge in [-0.3, -0.25) is 4.79 Å². The summed E-state index contributed by atoms with van der Waals surface area (Å²) in [6.07, 6.45) is 2.49. The Hall–Kier alpha value is -2.23. The molecule has 1 N–H and O–H groups in total. The van der Waals surface area contributed by atoms with Gasteiger partial charge in [0.1, 0.15) is 5.76 Å². The third-order valence-corrected chi connectivity index (χ3v) is 3.40. The van der Waals surface area contributed by atoms with Crippen LogP contribution in [-0.4, -0.2) is 19.0 Å². The number of nitrogens with one attached hydrogen (secondary N) is 1. The van der Waals surface area contributed by atoms with Crippen LogP contribution in [0.15, 0.2) is 41.0 Å². The van der Waals surface area contributed by atoms with E-state index in [2.05, 4.69) is 5.32 Å². The molecule has 1 aliphatic heterocycles. The smallest absolute Gasteiger partial charge is 0.261 e. The zero-order chi connectivity index (χ0) is 13.2. The van der Waals surface area contributed by atoms with Crippen LogP contribution in [0, 0.1) is 6.92 Å². The molecule has 0 saturated heterocycles. The molecule has 0 spiro atoms. The van der Waals surface area contributed by atoms with Gasteiger partial charge in [-0.15, -0.1) is 0 Å². The highest BCUT2D eigenvalue weighted by molar-refractivity contribution is 6.08. The Morgan fingerprint density at radius 1 is 1.32 bits per heavy atom. The molecule has 4 heteroatoms. The molecule has 0 atom stereocenters. The Labute approximate surface area is 112 Å². The summed E-state index contributed by atoms with van der Waals surface area (Å²) in [6, 6.07) is 9.64. The molecule has 1 aromatic heterocycles. The van der Waals surface area contributed by atoms with E-state index < -0.39 is 0 Å². The van der Waals surface area contributed by atoms with Gasteiger partial charge in [0, 0.05) is 13.1 Å². The van der Waals surface area contributed by atoms with Crippen LogP contribution in [0.5, 0.6) is 0 Å². The second-order valence-corrected chi connectivity index (χ2v) is 4.64. The third-order valence-electron chi connectivity index (χ3n) is 3.40. The summed E-state index contributed by atoms with van der Waals surface area (Å²) in [5.74, 6) is 0.669. The molecule has 0 unspecified atom stereocenters. The first kappa shape index (κ1) is 11.8. The molecule has 4 nitrogen and oxygen atoms in total. The fourth-order valence-electron chi connectivity index (χ4n) is 2.40. The molecule has 98 valence electrons. The van der Waals surface area contributed by atoms with Gasteiger partial charge in [0.25, 0.3) is 5.91 Å². The van der Waals surface area contributed by atoms with Crippen LogP contribution in [-0.2, 0) is 0 Å². The zero-order valence-electron chi connectivity index (χ0n) is 10.8. The average Bonchev–Trinajstić information content (AvgIpc) is 2.74. The summed E-state index contributed by atoms with van der Waals surface area (Å²) in [5, 5.41) is 3.35. The van der Waals surface area contributed by atoms with Gasteiger partial charge >= 0.3 is 0 Å². The van der Waals surface area contributed by atoms with Gasteiger partial charge in [-0.25, -0.2) is 0 Å². The van der Waals surface area contributed by atoms with E-state index in [9.17, 15) is 4.79 Å². The van der Waals surface area contributed by atoms with Crippen LogP contribution in [0.3, 0.4) is 0 Å². The van der Waals surface area contributed by atoms with Gasteiger partial charge in [-0.05, 0) is 31.5 Å². The number of hydrogen-bond acceptors (Lipinski definition) is 3. The van der Waals surface area contributed by atoms with Crippen molar-refractivity contribution in [2.45, 2.75) is 13.3 Å². The lowest BCUT2D eigenvalue weighted by Gasteiger charge is -2.22. The van der Waals surface area contributed by atoms with Crippen LogP contribution < -0.4 is 10.2 Å². The number of amides is 1. The van der Waals surface area contributed by atoms with Crippen molar-refractivity contribution in [3.63, 3.8) is 0 Å². The van der Waals surface area contributed by atoms with Crippen LogP contribution in [0.4, 0.5) is 11.4 Å². The van der Waals surface area contributed by atoms with Gasteiger partial charge in [0.15, 0.2) is 0 Å². The summed E-state index contributed by atoms with van der Waals surface area (Å²) < 4.78 is 5.23. The van der Waals surface area contributed by atoms with E-state index in [1.54, 1.807) is 12.3 Å². The molecule has 1 aromatic carbocycles. The van der Waals surface area contributed by atoms with E-state index in [0.717, 1.165) is 24.3 Å². The van der Waals surface area contributed by atoms with E-state index in [-0.39, 0.29) is 5.91 Å². The van der Waals surface area contributed by atoms with Gasteiger partial charge < -0.3 is 14.6 Å². The maximum absolute atomic E-state index is 12.6. The molecule has 19 heavy (non-hydrogen) atoms. The highest BCUT2D eigenvalue weighted by atomic mass is 16.3. The minimum absolute atomic E-state index is 0.00222. The number of nitrogens with zero attached hydrogens (tertiary/aromatic N) is 1. The molecule has 2 heterocycles. The fourth-order valence-corrected chi connectivity index (χ4v) is 2.40. The van der Waals surface area contributed by atoms with E-state index in [0.29, 0.717) is 17.9 Å². The van der Waals surface area contributed by atoms with Crippen molar-refractivity contribution in [2.24, 2.45) is 0 Å². The van der Waals surface area contributed by atoms with E-state index in [1.807, 2.05) is 36.1 Å². The van der Waals surface area contributed by atoms with Crippen LogP contribution in [0.25, 0.3) is 0 Å². The average molecular weight is 256 g/mol. The number of aryl methyl sites for hydroxylation is 1. The Morgan fingerprint density at radius 3 is 2.95 bits per heavy atom. The van der Waals surface area contributed by atoms with E-state index in [1.165, 1.54) is 0 Å². The quantitative estimate of drug-likeness (QED) is 0.853. The first-order valence-electron chi connectivity index (χ1n) is 6.46. The minimum atomic E-state index is 0.00222. The number of carbonyl (C=O) groups is 1. The van der Waals surface area contributed by atoms with Crippen molar-refractivity contribution in [1.29, 1.82) is 0 Å². The number of rotatable bonds is 1. The number of benzene rings is 1. The Kier molecular flexibility index (Phi) is 2.99. The monoisotopic (exact) mass is 256 g/mol. The Morgan fingerprint density at radius 2 is 2.16 bits per heavy atom. The molecule has 0 saturated carbocycles. The second kappa shape index (κ2) is 4.80. The number of carbonyl (C=O) groups excluding carboxylic acids is 1. The van der Waals surface area contributed by atoms with Gasteiger partial charge in [0.2, 0.25) is 0 Å². The number of furan rings is 1. The summed E-state index contributed by atoms with van der Waals surface area (Å²) >= 11 is 0. The lowest BCUT2D eigenvalue weighted by Crippen LogP contribution is -2.31. The minimum Gasteiger partial charge on any atom is -0.469 e. The molecule has 1 aliphatic rings. The molecule has 3 rings (SSSR count). The molecule has 0 radical (unpaired) electrons. The summed E-state index contributed by atoms with van der Waals surface area (Å²) in [4.78, 5) is 14.5. The van der Waals surface area contributed by atoms with Gasteiger partial charge in [-0.1, -0.05) is 12.1 Å². The topological polar surface area (TPSA) is 45.5 Å². The zero-order valence-corrected chi connectivity index (χ0v) is 10.8. The lowest BCUT2D eigenvalue weighted by molar-refractivity contribution is 0.0986. The lowest BCUT2D eigenvalue weighted by atomic mass is 10.2. The molecular formula is C15H16N2O2. The van der Waals surface area contributed by atoms with Gasteiger partial charge in [-0.2, -0.15) is 0 Å². The number of hydrogen-bond donors (Lipinski definition) is 1. The second-order valence-electron chi connectivity index (χ2n) is 4.64. The largest absolute Gasteiger partial charge is 0.469 e. The van der Waals surface area contributed by atoms with Crippen molar-refractivity contribution in [3.8, 4) is 0 Å². The van der Waals surface area contributed by atoms with Crippen molar-refractivity contribution >= 4 is 17.3 Å². The highest BCUT2D eigenvalue weighted by Gasteiger charge is 2.24. The predicted octanol–water partition coefficient (Wildman–Crippen LogP) is 3.05. The van der Waals surface area contributed by atoms with Crippen LogP contribution >= 0.6 is 0 Å². The molecule has 0 bridgehead atoms. The first-order chi connectivity index (χ1) is 9.27. The maximum atomic E-state index is 12.6. The van der Waals surface area contributed by atoms with E-state index >= 15 is 0 Å². The maximum Gasteiger partial charge on any atom is 0.261 e. The highest BCUT2D eigenvalue weighted by Crippen LogP contribution is 2.29. The molecule has 2 aromatic rings. The molecule has 0 fully saturated rings. The summed E-state index contributed by atoms with van der Waals surface area (Å²) in [5.41, 5.74) is 2.58. The normalized spacial score (nSPS) is 14.5. The first-order valence-corrected chi connectivity index (χ1v) is 6.46. The number of para-hydroxylation sites is 2. The SMILES string of the molecule is Cc1occc1C(=O)N1CCCNc2ccccc21. The standard InChI is InChI=1S/C15H16N2O2/c1-11-12(7-10-19-11)15(18)17-9-4-8-16-13-5-2-3-6-14(13)17/h2-3,5-7,10,16H,4,8-9H2,1H3. The van der Waals surface area contributed by atoms with Crippen molar-refractivity contribution in [2.75, 3.05) is 23.3 Å². The molecule has 1 amide bonds. The summed E-state index contributed by atoms with van der Waals surface area (Å²) in [6.45, 7) is 3.41. The predicted molar refractivity (Wildman–Crippen MR) is 74.7 cm³/mol. The number of anilines is 2. The van der Waals surface area contributed by atoms with Crippen LogP contribution in [0.1, 0.15) is 22.5 Å². The van der Waals surface area contributed by atoms with E-state index in [4.69, 9.17) is 4.42 Å². The van der Waals surface area contributed by atoms with Crippen molar-refractivity contribution in [3.05, 3.63) is 47.9 Å². The Balaban J connectivity index is 2.01. The summed E-state index contributed by atoms with van der Waals surface area (Å²) in [7, 11) is 0. The fraction of sp³-hybridized carbons (Fsp3) is 0.267. The Bertz CT molecular complexity index is 604.